The zero-order chi connectivity index (χ0) is 12.0. The average Bonchev–Trinajstić information content (AvgIpc) is 2.31. The Morgan fingerprint density at radius 3 is 2.44 bits per heavy atom. The van der Waals surface area contributed by atoms with Crippen LogP contribution in [-0.2, 0) is 5.41 Å². The van der Waals surface area contributed by atoms with Crippen LogP contribution < -0.4 is 0 Å². The predicted octanol–water partition coefficient (Wildman–Crippen LogP) is 5.23. The maximum atomic E-state index is 3.67. The summed E-state index contributed by atoms with van der Waals surface area (Å²) in [6, 6.07) is 8.63. The summed E-state index contributed by atoms with van der Waals surface area (Å²) in [6.07, 6.45) is 3.34. The molecule has 0 nitrogen and oxygen atoms in total. The fraction of sp³-hybridized carbons (Fsp3) is 0.500. The van der Waals surface area contributed by atoms with Crippen LogP contribution in [0.3, 0.4) is 0 Å². The molecule has 0 aliphatic heterocycles. The fourth-order valence-electron chi connectivity index (χ4n) is 1.58. The smallest absolute Gasteiger partial charge is 0.0178 e. The van der Waals surface area contributed by atoms with Gasteiger partial charge in [0.25, 0.3) is 0 Å². The Kier molecular flexibility index (Phi) is 7.01. The fourth-order valence-corrected chi connectivity index (χ4v) is 4.71. The summed E-state index contributed by atoms with van der Waals surface area (Å²) in [7, 11) is 0. The van der Waals surface area contributed by atoms with Gasteiger partial charge < -0.3 is 0 Å². The van der Waals surface area contributed by atoms with E-state index in [2.05, 4.69) is 78.3 Å². The van der Waals surface area contributed by atoms with Crippen molar-refractivity contribution in [3.05, 3.63) is 34.3 Å². The maximum absolute atomic E-state index is 3.67. The zero-order valence-electron chi connectivity index (χ0n) is 9.18. The summed E-state index contributed by atoms with van der Waals surface area (Å²) < 4.78 is 1.15. The average molecular weight is 431 g/mol. The normalized spacial score (nSPS) is 11.8. The molecule has 0 N–H and O–H groups in total. The highest BCUT2D eigenvalue weighted by Crippen LogP contribution is 2.34. The summed E-state index contributed by atoms with van der Waals surface area (Å²) in [5, 5.41) is 1.98. The van der Waals surface area contributed by atoms with Gasteiger partial charge in [-0.3, -0.25) is 0 Å². The summed E-state index contributed by atoms with van der Waals surface area (Å²) in [6.45, 7) is 0. The van der Waals surface area contributed by atoms with E-state index < -0.39 is 0 Å². The molecule has 0 amide bonds. The first-order valence-electron chi connectivity index (χ1n) is 5.05. The van der Waals surface area contributed by atoms with Crippen molar-refractivity contribution in [1.29, 1.82) is 0 Å². The van der Waals surface area contributed by atoms with Crippen molar-refractivity contribution in [3.8, 4) is 0 Å². The van der Waals surface area contributed by atoms with Gasteiger partial charge in [0.1, 0.15) is 0 Å². The van der Waals surface area contributed by atoms with Gasteiger partial charge in [-0.15, -0.1) is 0 Å². The van der Waals surface area contributed by atoms with Crippen LogP contribution in [0.2, 0.25) is 0 Å². The summed E-state index contributed by atoms with van der Waals surface area (Å²) in [5.74, 6) is 1.18. The van der Waals surface area contributed by atoms with Crippen molar-refractivity contribution in [1.82, 2.24) is 0 Å². The lowest BCUT2D eigenvalue weighted by molar-refractivity contribution is 0.538. The van der Waals surface area contributed by atoms with Gasteiger partial charge >= 0.3 is 0 Å². The SMILES string of the molecule is CSCCC(CBr)(CBr)c1cccc(Br)c1. The predicted molar refractivity (Wildman–Crippen MR) is 86.4 cm³/mol. The Morgan fingerprint density at radius 1 is 1.25 bits per heavy atom. The second-order valence-electron chi connectivity index (χ2n) is 3.80. The summed E-state index contributed by atoms with van der Waals surface area (Å²) in [5.41, 5.74) is 1.59. The van der Waals surface area contributed by atoms with Crippen LogP contribution in [0.4, 0.5) is 0 Å². The van der Waals surface area contributed by atoms with Crippen molar-refractivity contribution in [2.45, 2.75) is 11.8 Å². The Bertz CT molecular complexity index is 324. The highest BCUT2D eigenvalue weighted by molar-refractivity contribution is 9.10. The second-order valence-corrected chi connectivity index (χ2v) is 6.82. The van der Waals surface area contributed by atoms with Crippen molar-refractivity contribution < 1.29 is 0 Å². The van der Waals surface area contributed by atoms with Gasteiger partial charge in [0, 0.05) is 20.5 Å². The Labute approximate surface area is 127 Å². The van der Waals surface area contributed by atoms with E-state index in [4.69, 9.17) is 0 Å². The minimum Gasteiger partial charge on any atom is -0.165 e. The molecule has 0 fully saturated rings. The van der Waals surface area contributed by atoms with Crippen LogP contribution in [0.5, 0.6) is 0 Å². The number of hydrogen-bond acceptors (Lipinski definition) is 1. The number of halogens is 3. The Morgan fingerprint density at radius 2 is 1.94 bits per heavy atom. The second kappa shape index (κ2) is 7.45. The van der Waals surface area contributed by atoms with E-state index in [0.717, 1.165) is 15.1 Å². The third-order valence-electron chi connectivity index (χ3n) is 2.73. The summed E-state index contributed by atoms with van der Waals surface area (Å²) in [4.78, 5) is 0. The van der Waals surface area contributed by atoms with Crippen LogP contribution in [0.15, 0.2) is 28.7 Å². The molecule has 0 bridgehead atoms. The van der Waals surface area contributed by atoms with Gasteiger partial charge in [-0.2, -0.15) is 11.8 Å². The Balaban J connectivity index is 2.99. The molecule has 0 spiro atoms. The molecule has 16 heavy (non-hydrogen) atoms. The van der Waals surface area contributed by atoms with E-state index in [1.54, 1.807) is 0 Å². The molecular formula is C12H15Br3S. The first-order chi connectivity index (χ1) is 7.68. The van der Waals surface area contributed by atoms with Gasteiger partial charge in [-0.25, -0.2) is 0 Å². The molecule has 1 aromatic carbocycles. The molecule has 0 saturated carbocycles. The highest BCUT2D eigenvalue weighted by atomic mass is 79.9. The zero-order valence-corrected chi connectivity index (χ0v) is 14.8. The molecule has 1 rings (SSSR count). The van der Waals surface area contributed by atoms with E-state index >= 15 is 0 Å². The van der Waals surface area contributed by atoms with Gasteiger partial charge in [0.15, 0.2) is 0 Å². The van der Waals surface area contributed by atoms with Crippen LogP contribution in [0, 0.1) is 0 Å². The molecule has 0 unspecified atom stereocenters. The third-order valence-corrected chi connectivity index (χ3v) is 5.99. The van der Waals surface area contributed by atoms with Crippen LogP contribution in [0.25, 0.3) is 0 Å². The molecule has 1 aromatic rings. The number of rotatable bonds is 6. The molecule has 0 aliphatic carbocycles. The quantitative estimate of drug-likeness (QED) is 0.557. The first-order valence-corrected chi connectivity index (χ1v) is 9.48. The van der Waals surface area contributed by atoms with E-state index in [1.807, 2.05) is 11.8 Å². The molecule has 0 heterocycles. The minimum absolute atomic E-state index is 0.201. The largest absolute Gasteiger partial charge is 0.165 e. The van der Waals surface area contributed by atoms with E-state index in [-0.39, 0.29) is 5.41 Å². The standard InChI is InChI=1S/C12H15Br3S/c1-16-6-5-12(8-13,9-14)10-3-2-4-11(15)7-10/h2-4,7H,5-6,8-9H2,1H3. The molecule has 0 radical (unpaired) electrons. The van der Waals surface area contributed by atoms with Crippen LogP contribution in [0.1, 0.15) is 12.0 Å². The van der Waals surface area contributed by atoms with Crippen molar-refractivity contribution >= 4 is 59.6 Å². The van der Waals surface area contributed by atoms with E-state index in [1.165, 1.54) is 17.7 Å². The number of alkyl halides is 2. The maximum Gasteiger partial charge on any atom is 0.0178 e. The summed E-state index contributed by atoms with van der Waals surface area (Å²) >= 11 is 12.8. The molecule has 0 saturated heterocycles. The highest BCUT2D eigenvalue weighted by Gasteiger charge is 2.29. The first kappa shape index (κ1) is 15.1. The van der Waals surface area contributed by atoms with Crippen molar-refractivity contribution in [2.75, 3.05) is 22.7 Å². The molecule has 4 heteroatoms. The van der Waals surface area contributed by atoms with Gasteiger partial charge in [0.05, 0.1) is 0 Å². The minimum atomic E-state index is 0.201. The van der Waals surface area contributed by atoms with Crippen LogP contribution in [-0.4, -0.2) is 22.7 Å². The number of thioether (sulfide) groups is 1. The number of benzene rings is 1. The van der Waals surface area contributed by atoms with Gasteiger partial charge in [0.2, 0.25) is 0 Å². The monoisotopic (exact) mass is 428 g/mol. The van der Waals surface area contributed by atoms with E-state index in [0.29, 0.717) is 0 Å². The topological polar surface area (TPSA) is 0 Å². The molecular weight excluding hydrogens is 416 g/mol. The third kappa shape index (κ3) is 3.76. The lowest BCUT2D eigenvalue weighted by Crippen LogP contribution is -2.31. The lowest BCUT2D eigenvalue weighted by Gasteiger charge is -2.30. The van der Waals surface area contributed by atoms with Gasteiger partial charge in [-0.1, -0.05) is 59.9 Å². The van der Waals surface area contributed by atoms with Crippen molar-refractivity contribution in [2.24, 2.45) is 0 Å². The molecule has 0 atom stereocenters. The molecule has 0 aliphatic rings. The molecule has 0 aromatic heterocycles. The van der Waals surface area contributed by atoms with Crippen molar-refractivity contribution in [3.63, 3.8) is 0 Å². The lowest BCUT2D eigenvalue weighted by atomic mass is 9.82. The number of hydrogen-bond donors (Lipinski definition) is 0. The van der Waals surface area contributed by atoms with Crippen LogP contribution >= 0.6 is 59.6 Å². The molecule has 90 valence electrons. The van der Waals surface area contributed by atoms with Gasteiger partial charge in [-0.05, 0) is 36.1 Å². The van der Waals surface area contributed by atoms with E-state index in [9.17, 15) is 0 Å². The Hall–Kier alpha value is 1.01.